The molecule has 86 valence electrons. The summed E-state index contributed by atoms with van der Waals surface area (Å²) in [5.41, 5.74) is 0.317. The lowest BCUT2D eigenvalue weighted by atomic mass is 9.97. The molecule has 0 rings (SSSR count). The predicted molar refractivity (Wildman–Crippen MR) is 56.7 cm³/mol. The van der Waals surface area contributed by atoms with Crippen molar-refractivity contribution in [3.05, 3.63) is 11.6 Å². The third-order valence-corrected chi connectivity index (χ3v) is 2.33. The molecule has 1 atom stereocenters. The topological polar surface area (TPSA) is 74.6 Å². The van der Waals surface area contributed by atoms with Crippen molar-refractivity contribution in [1.82, 2.24) is 0 Å². The van der Waals surface area contributed by atoms with Gasteiger partial charge in [0.2, 0.25) is 0 Å². The first-order valence-electron chi connectivity index (χ1n) is 5.18. The first kappa shape index (κ1) is 13.7. The molecule has 2 N–H and O–H groups in total. The predicted octanol–water partition coefficient (Wildman–Crippen LogP) is 2.30. The molecule has 0 aliphatic carbocycles. The molecule has 0 spiro atoms. The zero-order valence-corrected chi connectivity index (χ0v) is 9.19. The second kappa shape index (κ2) is 7.04. The summed E-state index contributed by atoms with van der Waals surface area (Å²) < 4.78 is 0. The number of rotatable bonds is 7. The Labute approximate surface area is 89.6 Å². The SMILES string of the molecule is CCC=C(CCC(CC)C(=O)O)C(=O)O. The van der Waals surface area contributed by atoms with Gasteiger partial charge >= 0.3 is 11.9 Å². The van der Waals surface area contributed by atoms with Crippen molar-refractivity contribution in [2.75, 3.05) is 0 Å². The van der Waals surface area contributed by atoms with Crippen molar-refractivity contribution < 1.29 is 19.8 Å². The van der Waals surface area contributed by atoms with Crippen LogP contribution in [0.4, 0.5) is 0 Å². The van der Waals surface area contributed by atoms with Crippen molar-refractivity contribution in [3.63, 3.8) is 0 Å². The Hall–Kier alpha value is -1.32. The van der Waals surface area contributed by atoms with Crippen LogP contribution >= 0.6 is 0 Å². The minimum absolute atomic E-state index is 0.317. The first-order valence-corrected chi connectivity index (χ1v) is 5.18. The van der Waals surface area contributed by atoms with E-state index in [9.17, 15) is 9.59 Å². The molecule has 0 bridgehead atoms. The van der Waals surface area contributed by atoms with Crippen molar-refractivity contribution in [2.24, 2.45) is 5.92 Å². The Bertz CT molecular complexity index is 255. The molecule has 0 aromatic rings. The minimum Gasteiger partial charge on any atom is -0.481 e. The van der Waals surface area contributed by atoms with Crippen LogP contribution in [0.2, 0.25) is 0 Å². The molecule has 4 heteroatoms. The van der Waals surface area contributed by atoms with E-state index in [1.807, 2.05) is 6.92 Å². The smallest absolute Gasteiger partial charge is 0.331 e. The first-order chi connectivity index (χ1) is 7.02. The fraction of sp³-hybridized carbons (Fsp3) is 0.636. The summed E-state index contributed by atoms with van der Waals surface area (Å²) in [5.74, 6) is -2.24. The quantitative estimate of drug-likeness (QED) is 0.637. The molecule has 15 heavy (non-hydrogen) atoms. The molecule has 0 aromatic carbocycles. The lowest BCUT2D eigenvalue weighted by molar-refractivity contribution is -0.142. The highest BCUT2D eigenvalue weighted by Gasteiger charge is 2.16. The molecule has 1 unspecified atom stereocenters. The van der Waals surface area contributed by atoms with E-state index in [4.69, 9.17) is 10.2 Å². The van der Waals surface area contributed by atoms with E-state index in [1.54, 1.807) is 13.0 Å². The summed E-state index contributed by atoms with van der Waals surface area (Å²) in [7, 11) is 0. The maximum Gasteiger partial charge on any atom is 0.331 e. The summed E-state index contributed by atoms with van der Waals surface area (Å²) in [5, 5.41) is 17.6. The standard InChI is InChI=1S/C11H18O4/c1-3-5-9(11(14)15)7-6-8(4-2)10(12)13/h5,8H,3-4,6-7H2,1-2H3,(H,12,13)(H,14,15). The molecular weight excluding hydrogens is 196 g/mol. The highest BCUT2D eigenvalue weighted by atomic mass is 16.4. The van der Waals surface area contributed by atoms with Gasteiger partial charge in [-0.2, -0.15) is 0 Å². The van der Waals surface area contributed by atoms with E-state index in [0.717, 1.165) is 0 Å². The van der Waals surface area contributed by atoms with Gasteiger partial charge in [0.15, 0.2) is 0 Å². The average Bonchev–Trinajstić information content (AvgIpc) is 2.16. The zero-order valence-electron chi connectivity index (χ0n) is 9.19. The maximum absolute atomic E-state index is 10.7. The molecule has 4 nitrogen and oxygen atoms in total. The van der Waals surface area contributed by atoms with Crippen LogP contribution in [0.1, 0.15) is 39.5 Å². The van der Waals surface area contributed by atoms with Gasteiger partial charge in [-0.3, -0.25) is 4.79 Å². The fourth-order valence-corrected chi connectivity index (χ4v) is 1.37. The third kappa shape index (κ3) is 5.20. The van der Waals surface area contributed by atoms with Gasteiger partial charge in [-0.05, 0) is 25.7 Å². The molecule has 0 aliphatic heterocycles. The Kier molecular flexibility index (Phi) is 6.42. The Balaban J connectivity index is 4.27. The van der Waals surface area contributed by atoms with Crippen LogP contribution in [0.25, 0.3) is 0 Å². The molecule has 0 radical (unpaired) electrons. The van der Waals surface area contributed by atoms with Gasteiger partial charge in [0.1, 0.15) is 0 Å². The van der Waals surface area contributed by atoms with E-state index in [2.05, 4.69) is 0 Å². The van der Waals surface area contributed by atoms with Crippen LogP contribution in [0, 0.1) is 5.92 Å². The third-order valence-electron chi connectivity index (χ3n) is 2.33. The second-order valence-corrected chi connectivity index (χ2v) is 3.42. The number of aliphatic carboxylic acids is 2. The Morgan fingerprint density at radius 2 is 1.87 bits per heavy atom. The van der Waals surface area contributed by atoms with Gasteiger partial charge < -0.3 is 10.2 Å². The van der Waals surface area contributed by atoms with E-state index in [1.165, 1.54) is 0 Å². The maximum atomic E-state index is 10.7. The van der Waals surface area contributed by atoms with Crippen molar-refractivity contribution in [3.8, 4) is 0 Å². The average molecular weight is 214 g/mol. The Morgan fingerprint density at radius 1 is 1.27 bits per heavy atom. The van der Waals surface area contributed by atoms with E-state index < -0.39 is 17.9 Å². The van der Waals surface area contributed by atoms with Crippen LogP contribution in [-0.4, -0.2) is 22.2 Å². The van der Waals surface area contributed by atoms with Crippen LogP contribution in [0.5, 0.6) is 0 Å². The van der Waals surface area contributed by atoms with Gasteiger partial charge in [-0.25, -0.2) is 4.79 Å². The molecule has 0 saturated carbocycles. The number of hydrogen-bond acceptors (Lipinski definition) is 2. The minimum atomic E-state index is -0.947. The van der Waals surface area contributed by atoms with Gasteiger partial charge in [-0.15, -0.1) is 0 Å². The summed E-state index contributed by atoms with van der Waals surface area (Å²) in [6, 6.07) is 0. The normalized spacial score (nSPS) is 13.6. The number of carboxylic acids is 2. The largest absolute Gasteiger partial charge is 0.481 e. The van der Waals surface area contributed by atoms with Gasteiger partial charge in [-0.1, -0.05) is 19.9 Å². The summed E-state index contributed by atoms with van der Waals surface area (Å²) in [6.07, 6.45) is 3.55. The molecular formula is C11H18O4. The lowest BCUT2D eigenvalue weighted by Crippen LogP contribution is -2.13. The number of carboxylic acid groups (broad SMARTS) is 2. The second-order valence-electron chi connectivity index (χ2n) is 3.42. The van der Waals surface area contributed by atoms with Crippen LogP contribution in [0.3, 0.4) is 0 Å². The number of carbonyl (C=O) groups is 2. The zero-order chi connectivity index (χ0) is 11.8. The highest BCUT2D eigenvalue weighted by molar-refractivity contribution is 5.86. The molecule has 0 saturated heterocycles. The van der Waals surface area contributed by atoms with E-state index in [0.29, 0.717) is 31.3 Å². The monoisotopic (exact) mass is 214 g/mol. The lowest BCUT2D eigenvalue weighted by Gasteiger charge is -2.09. The van der Waals surface area contributed by atoms with Crippen LogP contribution < -0.4 is 0 Å². The summed E-state index contributed by atoms with van der Waals surface area (Å²) in [6.45, 7) is 3.65. The molecule has 0 aliphatic rings. The van der Waals surface area contributed by atoms with Crippen molar-refractivity contribution in [1.29, 1.82) is 0 Å². The molecule has 0 heterocycles. The van der Waals surface area contributed by atoms with E-state index >= 15 is 0 Å². The van der Waals surface area contributed by atoms with E-state index in [-0.39, 0.29) is 0 Å². The van der Waals surface area contributed by atoms with Crippen molar-refractivity contribution >= 4 is 11.9 Å². The molecule has 0 fully saturated rings. The van der Waals surface area contributed by atoms with Crippen LogP contribution in [-0.2, 0) is 9.59 Å². The van der Waals surface area contributed by atoms with Crippen LogP contribution in [0.15, 0.2) is 11.6 Å². The Morgan fingerprint density at radius 3 is 2.20 bits per heavy atom. The fourth-order valence-electron chi connectivity index (χ4n) is 1.37. The van der Waals surface area contributed by atoms with Gasteiger partial charge in [0.05, 0.1) is 5.92 Å². The number of allylic oxidation sites excluding steroid dienone is 1. The highest BCUT2D eigenvalue weighted by Crippen LogP contribution is 2.16. The summed E-state index contributed by atoms with van der Waals surface area (Å²) in [4.78, 5) is 21.4. The molecule has 0 amide bonds. The summed E-state index contributed by atoms with van der Waals surface area (Å²) >= 11 is 0. The van der Waals surface area contributed by atoms with Gasteiger partial charge in [0.25, 0.3) is 0 Å². The van der Waals surface area contributed by atoms with Gasteiger partial charge in [0, 0.05) is 5.57 Å². The molecule has 0 aromatic heterocycles. The number of hydrogen-bond donors (Lipinski definition) is 2. The van der Waals surface area contributed by atoms with Crippen molar-refractivity contribution in [2.45, 2.75) is 39.5 Å².